The molecule has 0 bridgehead atoms. The zero-order valence-corrected chi connectivity index (χ0v) is 14.6. The minimum atomic E-state index is -0.410. The van der Waals surface area contributed by atoms with Crippen molar-refractivity contribution in [2.24, 2.45) is 5.92 Å². The van der Waals surface area contributed by atoms with E-state index in [0.717, 1.165) is 18.5 Å². The molecule has 0 aliphatic carbocycles. The summed E-state index contributed by atoms with van der Waals surface area (Å²) >= 11 is 0. The van der Waals surface area contributed by atoms with Crippen LogP contribution in [0, 0.1) is 11.7 Å². The third-order valence-electron chi connectivity index (χ3n) is 4.56. The summed E-state index contributed by atoms with van der Waals surface area (Å²) < 4.78 is 13.4. The van der Waals surface area contributed by atoms with Crippen molar-refractivity contribution >= 4 is 11.8 Å². The van der Waals surface area contributed by atoms with Gasteiger partial charge in [-0.3, -0.25) is 9.59 Å². The lowest BCUT2D eigenvalue weighted by Crippen LogP contribution is -2.40. The van der Waals surface area contributed by atoms with E-state index in [0.29, 0.717) is 30.8 Å². The first-order valence-corrected chi connectivity index (χ1v) is 8.64. The number of halogens is 1. The zero-order valence-electron chi connectivity index (χ0n) is 14.6. The molecule has 2 amide bonds. The summed E-state index contributed by atoms with van der Waals surface area (Å²) in [6.45, 7) is 1.26. The molecular weight excluding hydrogens is 335 g/mol. The maximum Gasteiger partial charge on any atom is 0.269 e. The number of nitrogens with zero attached hydrogens (tertiary/aromatic N) is 3. The Balaban J connectivity index is 1.67. The Labute approximate surface area is 151 Å². The van der Waals surface area contributed by atoms with Gasteiger partial charge in [0.1, 0.15) is 17.8 Å². The lowest BCUT2D eigenvalue weighted by Gasteiger charge is -2.32. The van der Waals surface area contributed by atoms with Gasteiger partial charge in [0.05, 0.1) is 0 Å². The zero-order chi connectivity index (χ0) is 18.5. The number of likely N-dealkylation sites (tertiary alicyclic amines) is 1. The van der Waals surface area contributed by atoms with Crippen LogP contribution in [0.3, 0.4) is 0 Å². The van der Waals surface area contributed by atoms with E-state index in [9.17, 15) is 14.0 Å². The highest BCUT2D eigenvalue weighted by Gasteiger charge is 2.25. The molecule has 1 fully saturated rings. The molecule has 1 aliphatic heterocycles. The molecule has 1 aliphatic rings. The number of amides is 2. The molecule has 26 heavy (non-hydrogen) atoms. The van der Waals surface area contributed by atoms with Crippen LogP contribution in [0.15, 0.2) is 36.7 Å². The molecule has 2 aromatic rings. The van der Waals surface area contributed by atoms with Crippen LogP contribution in [0.25, 0.3) is 0 Å². The van der Waals surface area contributed by atoms with Crippen molar-refractivity contribution in [1.82, 2.24) is 20.2 Å². The van der Waals surface area contributed by atoms with Crippen molar-refractivity contribution in [2.45, 2.75) is 19.3 Å². The predicted octanol–water partition coefficient (Wildman–Crippen LogP) is 2.07. The number of hydrogen-bond donors (Lipinski definition) is 1. The van der Waals surface area contributed by atoms with Gasteiger partial charge in [0.2, 0.25) is 0 Å². The van der Waals surface area contributed by atoms with Gasteiger partial charge >= 0.3 is 0 Å². The second kappa shape index (κ2) is 8.03. The van der Waals surface area contributed by atoms with E-state index in [-0.39, 0.29) is 17.7 Å². The molecule has 1 saturated heterocycles. The van der Waals surface area contributed by atoms with Crippen molar-refractivity contribution < 1.29 is 14.0 Å². The number of carbonyl (C=O) groups is 2. The Morgan fingerprint density at radius 1 is 1.31 bits per heavy atom. The summed E-state index contributed by atoms with van der Waals surface area (Å²) in [5, 5.41) is 2.54. The molecule has 0 spiro atoms. The molecular formula is C19H21FN4O2. The Morgan fingerprint density at radius 3 is 2.92 bits per heavy atom. The van der Waals surface area contributed by atoms with Crippen LogP contribution in [0.4, 0.5) is 4.39 Å². The van der Waals surface area contributed by atoms with Gasteiger partial charge in [-0.2, -0.15) is 0 Å². The largest absolute Gasteiger partial charge is 0.354 e. The normalized spacial score (nSPS) is 17.0. The summed E-state index contributed by atoms with van der Waals surface area (Å²) in [5.41, 5.74) is 1.49. The molecule has 3 rings (SSSR count). The first kappa shape index (κ1) is 18.0. The number of piperidine rings is 1. The van der Waals surface area contributed by atoms with Gasteiger partial charge in [-0.25, -0.2) is 14.4 Å². The molecule has 136 valence electrons. The van der Waals surface area contributed by atoms with Gasteiger partial charge in [0.25, 0.3) is 11.8 Å². The minimum Gasteiger partial charge on any atom is -0.354 e. The Bertz CT molecular complexity index is 812. The maximum atomic E-state index is 13.4. The van der Waals surface area contributed by atoms with Gasteiger partial charge in [-0.05, 0) is 49.4 Å². The van der Waals surface area contributed by atoms with E-state index in [1.807, 2.05) is 0 Å². The quantitative estimate of drug-likeness (QED) is 0.910. The second-order valence-corrected chi connectivity index (χ2v) is 6.45. The average Bonchev–Trinajstić information content (AvgIpc) is 2.67. The number of rotatable bonds is 4. The van der Waals surface area contributed by atoms with Gasteiger partial charge < -0.3 is 10.2 Å². The highest BCUT2D eigenvalue weighted by molar-refractivity contribution is 5.94. The fraction of sp³-hybridized carbons (Fsp3) is 0.368. The number of benzene rings is 1. The van der Waals surface area contributed by atoms with Crippen LogP contribution in [-0.4, -0.2) is 46.8 Å². The summed E-state index contributed by atoms with van der Waals surface area (Å²) in [6, 6.07) is 7.47. The van der Waals surface area contributed by atoms with Crippen molar-refractivity contribution in [3.63, 3.8) is 0 Å². The van der Waals surface area contributed by atoms with E-state index >= 15 is 0 Å². The van der Waals surface area contributed by atoms with Crippen LogP contribution in [0.2, 0.25) is 0 Å². The number of nitrogens with one attached hydrogen (secondary N) is 1. The van der Waals surface area contributed by atoms with E-state index < -0.39 is 5.82 Å². The first-order chi connectivity index (χ1) is 12.6. The Kier molecular flexibility index (Phi) is 5.55. The molecule has 0 unspecified atom stereocenters. The minimum absolute atomic E-state index is 0.150. The molecule has 2 heterocycles. The monoisotopic (exact) mass is 356 g/mol. The van der Waals surface area contributed by atoms with Crippen LogP contribution < -0.4 is 5.32 Å². The fourth-order valence-corrected chi connectivity index (χ4v) is 3.28. The fourth-order valence-electron chi connectivity index (χ4n) is 3.28. The van der Waals surface area contributed by atoms with Gasteiger partial charge in [0.15, 0.2) is 0 Å². The summed E-state index contributed by atoms with van der Waals surface area (Å²) in [6.07, 6.45) is 3.92. The highest BCUT2D eigenvalue weighted by atomic mass is 19.1. The van der Waals surface area contributed by atoms with Crippen LogP contribution in [-0.2, 0) is 6.42 Å². The summed E-state index contributed by atoms with van der Waals surface area (Å²) in [4.78, 5) is 34.3. The molecule has 1 aromatic carbocycles. The lowest BCUT2D eigenvalue weighted by molar-refractivity contribution is 0.0672. The second-order valence-electron chi connectivity index (χ2n) is 6.45. The lowest BCUT2D eigenvalue weighted by atomic mass is 9.92. The van der Waals surface area contributed by atoms with Gasteiger partial charge in [-0.15, -0.1) is 0 Å². The SMILES string of the molecule is CNC(=O)c1cc(C[C@H]2CCCN(C(=O)c3cccc(F)c3)C2)ncn1. The Morgan fingerprint density at radius 2 is 2.15 bits per heavy atom. The maximum absolute atomic E-state index is 13.4. The first-order valence-electron chi connectivity index (χ1n) is 8.64. The molecule has 0 saturated carbocycles. The molecule has 1 atom stereocenters. The molecule has 0 radical (unpaired) electrons. The summed E-state index contributed by atoms with van der Waals surface area (Å²) in [5.74, 6) is -0.566. The van der Waals surface area contributed by atoms with Crippen LogP contribution in [0.1, 0.15) is 39.4 Å². The molecule has 7 heteroatoms. The Hall–Kier alpha value is -2.83. The predicted molar refractivity (Wildman–Crippen MR) is 94.2 cm³/mol. The standard InChI is InChI=1S/C19H21FN4O2/c1-21-18(25)17-10-16(22-12-23-17)8-13-4-3-7-24(11-13)19(26)14-5-2-6-15(20)9-14/h2,5-6,9-10,12-13H,3-4,7-8,11H2,1H3,(H,21,25)/t13-/m1/s1. The van der Waals surface area contributed by atoms with Crippen LogP contribution >= 0.6 is 0 Å². The molecule has 1 aromatic heterocycles. The average molecular weight is 356 g/mol. The van der Waals surface area contributed by atoms with E-state index in [1.165, 1.54) is 18.5 Å². The smallest absolute Gasteiger partial charge is 0.269 e. The van der Waals surface area contributed by atoms with Crippen molar-refractivity contribution in [1.29, 1.82) is 0 Å². The van der Waals surface area contributed by atoms with Gasteiger partial charge in [-0.1, -0.05) is 6.07 Å². The number of hydrogen-bond acceptors (Lipinski definition) is 4. The van der Waals surface area contributed by atoms with Crippen LogP contribution in [0.5, 0.6) is 0 Å². The molecule has 6 nitrogen and oxygen atoms in total. The number of carbonyl (C=O) groups excluding carboxylic acids is 2. The summed E-state index contributed by atoms with van der Waals surface area (Å²) in [7, 11) is 1.56. The van der Waals surface area contributed by atoms with Gasteiger partial charge in [0, 0.05) is 31.4 Å². The topological polar surface area (TPSA) is 75.2 Å². The third-order valence-corrected chi connectivity index (χ3v) is 4.56. The van der Waals surface area contributed by atoms with E-state index in [4.69, 9.17) is 0 Å². The highest BCUT2D eigenvalue weighted by Crippen LogP contribution is 2.22. The van der Waals surface area contributed by atoms with Crippen molar-refractivity contribution in [3.05, 3.63) is 59.4 Å². The van der Waals surface area contributed by atoms with E-state index in [2.05, 4.69) is 15.3 Å². The van der Waals surface area contributed by atoms with E-state index in [1.54, 1.807) is 30.1 Å². The van der Waals surface area contributed by atoms with Crippen molar-refractivity contribution in [2.75, 3.05) is 20.1 Å². The van der Waals surface area contributed by atoms with Crippen molar-refractivity contribution in [3.8, 4) is 0 Å². The number of aromatic nitrogens is 2. The molecule has 1 N–H and O–H groups in total. The third kappa shape index (κ3) is 4.22.